The molecule has 0 saturated heterocycles. The molecule has 0 aliphatic heterocycles. The molecule has 9 aromatic carbocycles. The molecular weight excluding hydrogens is 657 g/mol. The lowest BCUT2D eigenvalue weighted by Crippen LogP contribution is -2.06. The number of rotatable bonds is 4. The van der Waals surface area contributed by atoms with Crippen LogP contribution in [0.15, 0.2) is 164 Å². The SMILES string of the molecule is c1ccc(-c2c3ccccc3c(-c3cccc4sc5cccc(-c6c7ccccc7c(C7CCCCC7)c7ccccc67)c5c34)c3ccccc23)cc1. The Morgan fingerprint density at radius 2 is 0.736 bits per heavy atom. The summed E-state index contributed by atoms with van der Waals surface area (Å²) in [6.45, 7) is 0. The summed E-state index contributed by atoms with van der Waals surface area (Å²) in [4.78, 5) is 0. The van der Waals surface area contributed by atoms with Crippen LogP contribution in [0.5, 0.6) is 0 Å². The van der Waals surface area contributed by atoms with E-state index in [2.05, 4.69) is 164 Å². The van der Waals surface area contributed by atoms with E-state index in [1.165, 1.54) is 129 Å². The minimum atomic E-state index is 0.609. The largest absolute Gasteiger partial charge is 0.135 e. The van der Waals surface area contributed by atoms with Gasteiger partial charge in [0.1, 0.15) is 0 Å². The van der Waals surface area contributed by atoms with Crippen LogP contribution in [0.25, 0.3) is 96.6 Å². The van der Waals surface area contributed by atoms with Crippen molar-refractivity contribution in [1.29, 1.82) is 0 Å². The van der Waals surface area contributed by atoms with Gasteiger partial charge in [0.2, 0.25) is 0 Å². The zero-order valence-electron chi connectivity index (χ0n) is 29.6. The normalized spacial score (nSPS) is 14.0. The van der Waals surface area contributed by atoms with Gasteiger partial charge in [-0.2, -0.15) is 0 Å². The Hall–Kier alpha value is -5.76. The third-order valence-electron chi connectivity index (χ3n) is 12.0. The molecule has 0 bridgehead atoms. The summed E-state index contributed by atoms with van der Waals surface area (Å²) in [5.74, 6) is 0.609. The monoisotopic (exact) mass is 694 g/mol. The molecule has 0 spiro atoms. The van der Waals surface area contributed by atoms with E-state index in [9.17, 15) is 0 Å². The van der Waals surface area contributed by atoms with Crippen LogP contribution in [-0.4, -0.2) is 0 Å². The minimum absolute atomic E-state index is 0.609. The van der Waals surface area contributed by atoms with Crippen LogP contribution in [-0.2, 0) is 0 Å². The Bertz CT molecular complexity index is 2920. The van der Waals surface area contributed by atoms with Crippen LogP contribution in [0.2, 0.25) is 0 Å². The zero-order valence-corrected chi connectivity index (χ0v) is 30.4. The summed E-state index contributed by atoms with van der Waals surface area (Å²) in [6.07, 6.45) is 6.58. The molecule has 0 N–H and O–H groups in total. The lowest BCUT2D eigenvalue weighted by Gasteiger charge is -2.27. The Kier molecular flexibility index (Phi) is 7.23. The average Bonchev–Trinajstić information content (AvgIpc) is 3.62. The maximum Gasteiger partial charge on any atom is 0.0361 e. The fraction of sp³-hybridized carbons (Fsp3) is 0.115. The van der Waals surface area contributed by atoms with Crippen molar-refractivity contribution in [2.75, 3.05) is 0 Å². The van der Waals surface area contributed by atoms with Crippen molar-refractivity contribution >= 4 is 74.6 Å². The van der Waals surface area contributed by atoms with Crippen molar-refractivity contribution in [2.45, 2.75) is 38.0 Å². The maximum absolute atomic E-state index is 2.40. The van der Waals surface area contributed by atoms with E-state index in [0.717, 1.165) is 0 Å². The molecule has 1 fully saturated rings. The average molecular weight is 695 g/mol. The summed E-state index contributed by atoms with van der Waals surface area (Å²) in [7, 11) is 0. The van der Waals surface area contributed by atoms with Gasteiger partial charge in [-0.15, -0.1) is 11.3 Å². The Morgan fingerprint density at radius 3 is 1.21 bits per heavy atom. The van der Waals surface area contributed by atoms with Gasteiger partial charge < -0.3 is 0 Å². The van der Waals surface area contributed by atoms with Crippen molar-refractivity contribution in [2.24, 2.45) is 0 Å². The van der Waals surface area contributed by atoms with E-state index in [4.69, 9.17) is 0 Å². The van der Waals surface area contributed by atoms with Gasteiger partial charge in [0.15, 0.2) is 0 Å². The first-order valence-corrected chi connectivity index (χ1v) is 20.0. The van der Waals surface area contributed by atoms with Crippen molar-refractivity contribution in [3.63, 3.8) is 0 Å². The molecule has 1 aliphatic carbocycles. The molecule has 0 unspecified atom stereocenters. The van der Waals surface area contributed by atoms with Gasteiger partial charge in [0, 0.05) is 20.2 Å². The third-order valence-corrected chi connectivity index (χ3v) is 13.2. The summed E-state index contributed by atoms with van der Waals surface area (Å²) < 4.78 is 2.67. The van der Waals surface area contributed by atoms with Crippen LogP contribution in [0.1, 0.15) is 43.6 Å². The first-order chi connectivity index (χ1) is 26.3. The van der Waals surface area contributed by atoms with Gasteiger partial charge in [-0.3, -0.25) is 0 Å². The highest BCUT2D eigenvalue weighted by Gasteiger charge is 2.25. The van der Waals surface area contributed by atoms with Gasteiger partial charge in [-0.05, 0) is 113 Å². The number of benzene rings is 9. The van der Waals surface area contributed by atoms with E-state index in [1.54, 1.807) is 5.56 Å². The van der Waals surface area contributed by atoms with Crippen LogP contribution in [0.4, 0.5) is 0 Å². The second kappa shape index (κ2) is 12.4. The van der Waals surface area contributed by atoms with Gasteiger partial charge in [-0.1, -0.05) is 171 Å². The Labute approximate surface area is 314 Å². The van der Waals surface area contributed by atoms with E-state index in [1.807, 2.05) is 11.3 Å². The first kappa shape index (κ1) is 30.8. The molecule has 1 saturated carbocycles. The van der Waals surface area contributed by atoms with E-state index >= 15 is 0 Å². The first-order valence-electron chi connectivity index (χ1n) is 19.2. The van der Waals surface area contributed by atoms with E-state index in [-0.39, 0.29) is 0 Å². The molecule has 11 rings (SSSR count). The van der Waals surface area contributed by atoms with Crippen LogP contribution in [0, 0.1) is 0 Å². The second-order valence-electron chi connectivity index (χ2n) is 14.9. The number of thiophene rings is 1. The van der Waals surface area contributed by atoms with Crippen molar-refractivity contribution in [3.05, 3.63) is 169 Å². The number of hydrogen-bond donors (Lipinski definition) is 0. The molecular formula is C52H38S. The standard InChI is InChI=1S/C52H38S/c1-3-17-33(18-4-1)47-35-21-7-11-25-39(35)49(40-26-12-8-22-36(40)47)43-29-15-31-45-51(43)52-44(30-16-32-46(52)53-45)50-41-27-13-9-23-37(41)48(34-19-5-2-6-20-34)38-24-10-14-28-42(38)50/h1,3-4,7-18,21-32,34H,2,5-6,19-20H2. The topological polar surface area (TPSA) is 0 Å². The lowest BCUT2D eigenvalue weighted by atomic mass is 9.77. The molecule has 10 aromatic rings. The predicted molar refractivity (Wildman–Crippen MR) is 231 cm³/mol. The molecule has 0 amide bonds. The molecule has 0 radical (unpaired) electrons. The van der Waals surface area contributed by atoms with Crippen molar-refractivity contribution < 1.29 is 0 Å². The summed E-state index contributed by atoms with van der Waals surface area (Å²) in [5, 5.41) is 13.5. The molecule has 1 aromatic heterocycles. The third kappa shape index (κ3) is 4.74. The molecule has 1 heterocycles. The number of fused-ring (bicyclic) bond motifs is 7. The van der Waals surface area contributed by atoms with Crippen molar-refractivity contribution in [1.82, 2.24) is 0 Å². The maximum atomic E-state index is 2.40. The molecule has 53 heavy (non-hydrogen) atoms. The van der Waals surface area contributed by atoms with Gasteiger partial charge in [0.05, 0.1) is 0 Å². The van der Waals surface area contributed by atoms with Gasteiger partial charge in [-0.25, -0.2) is 0 Å². The van der Waals surface area contributed by atoms with Crippen LogP contribution < -0.4 is 0 Å². The molecule has 1 heteroatoms. The highest BCUT2D eigenvalue weighted by Crippen LogP contribution is 2.52. The number of hydrogen-bond acceptors (Lipinski definition) is 1. The highest BCUT2D eigenvalue weighted by molar-refractivity contribution is 7.26. The quantitative estimate of drug-likeness (QED) is 0.161. The molecule has 0 nitrogen and oxygen atoms in total. The van der Waals surface area contributed by atoms with Crippen LogP contribution in [0.3, 0.4) is 0 Å². The van der Waals surface area contributed by atoms with Gasteiger partial charge in [0.25, 0.3) is 0 Å². The molecule has 252 valence electrons. The van der Waals surface area contributed by atoms with E-state index < -0.39 is 0 Å². The molecule has 1 aliphatic rings. The second-order valence-corrected chi connectivity index (χ2v) is 16.0. The fourth-order valence-electron chi connectivity index (χ4n) is 9.90. The summed E-state index contributed by atoms with van der Waals surface area (Å²) in [6, 6.07) is 61.6. The fourth-order valence-corrected chi connectivity index (χ4v) is 11.1. The Morgan fingerprint density at radius 1 is 0.340 bits per heavy atom. The van der Waals surface area contributed by atoms with Crippen LogP contribution >= 0.6 is 11.3 Å². The lowest BCUT2D eigenvalue weighted by molar-refractivity contribution is 0.447. The zero-order chi connectivity index (χ0) is 34.9. The molecule has 0 atom stereocenters. The smallest absolute Gasteiger partial charge is 0.0361 e. The van der Waals surface area contributed by atoms with E-state index in [0.29, 0.717) is 5.92 Å². The minimum Gasteiger partial charge on any atom is -0.135 e. The van der Waals surface area contributed by atoms with Crippen molar-refractivity contribution in [3.8, 4) is 33.4 Å². The summed E-state index contributed by atoms with van der Waals surface area (Å²) >= 11 is 1.93. The predicted octanol–water partition coefficient (Wildman–Crippen LogP) is 15.7. The van der Waals surface area contributed by atoms with Gasteiger partial charge >= 0.3 is 0 Å². The Balaban J connectivity index is 1.27. The highest BCUT2D eigenvalue weighted by atomic mass is 32.1. The summed E-state index contributed by atoms with van der Waals surface area (Å²) in [5.41, 5.74) is 9.45.